The Balaban J connectivity index is 1.09. The molecule has 0 atom stereocenters. The van der Waals surface area contributed by atoms with Gasteiger partial charge in [-0.05, 0) is 48.4 Å². The third-order valence-electron chi connectivity index (χ3n) is 6.77. The second-order valence-corrected chi connectivity index (χ2v) is 9.20. The van der Waals surface area contributed by atoms with Crippen molar-refractivity contribution in [1.29, 1.82) is 0 Å². The molecular weight excluding hydrogens is 474 g/mol. The van der Waals surface area contributed by atoms with Gasteiger partial charge >= 0.3 is 0 Å². The lowest BCUT2D eigenvalue weighted by Gasteiger charge is -2.27. The minimum atomic E-state index is -0.363. The maximum Gasteiger partial charge on any atom is 0.276 e. The number of carbonyl (C=O) groups excluding carboxylic acids is 3. The van der Waals surface area contributed by atoms with E-state index in [1.807, 2.05) is 18.3 Å². The normalized spacial score (nSPS) is 14.8. The summed E-state index contributed by atoms with van der Waals surface area (Å²) in [6.45, 7) is 1.45. The Bertz CT molecular complexity index is 1540. The van der Waals surface area contributed by atoms with Gasteiger partial charge in [-0.1, -0.05) is 0 Å². The van der Waals surface area contributed by atoms with Gasteiger partial charge in [0.25, 0.3) is 11.8 Å². The molecule has 3 amide bonds. The van der Waals surface area contributed by atoms with E-state index in [4.69, 9.17) is 4.74 Å². The lowest BCUT2D eigenvalue weighted by molar-refractivity contribution is -0.132. The minimum Gasteiger partial charge on any atom is -0.482 e. The van der Waals surface area contributed by atoms with Crippen molar-refractivity contribution in [3.8, 4) is 5.75 Å². The molecule has 2 aliphatic rings. The molecule has 5 heterocycles. The quantitative estimate of drug-likeness (QED) is 0.434. The highest BCUT2D eigenvalue weighted by Gasteiger charge is 2.25. The number of ether oxygens (including phenoxy) is 1. The zero-order valence-corrected chi connectivity index (χ0v) is 20.2. The van der Waals surface area contributed by atoms with Crippen molar-refractivity contribution in [3.05, 3.63) is 65.7 Å². The molecule has 3 aromatic heterocycles. The molecule has 4 aromatic rings. The van der Waals surface area contributed by atoms with Crippen LogP contribution in [0.4, 0.5) is 11.4 Å². The van der Waals surface area contributed by atoms with Gasteiger partial charge in [0.2, 0.25) is 5.91 Å². The zero-order chi connectivity index (χ0) is 25.5. The van der Waals surface area contributed by atoms with Crippen LogP contribution in [0.1, 0.15) is 28.2 Å². The van der Waals surface area contributed by atoms with Gasteiger partial charge in [-0.2, -0.15) is 5.10 Å². The van der Waals surface area contributed by atoms with Crippen molar-refractivity contribution >= 4 is 40.1 Å². The predicted octanol–water partition coefficient (Wildman–Crippen LogP) is 2.34. The van der Waals surface area contributed by atoms with Crippen LogP contribution in [0.15, 0.2) is 48.8 Å². The number of pyridine rings is 1. The molecule has 37 heavy (non-hydrogen) atoms. The molecule has 2 aliphatic heterocycles. The fourth-order valence-electron chi connectivity index (χ4n) is 4.67. The summed E-state index contributed by atoms with van der Waals surface area (Å²) < 4.78 is 7.21. The van der Waals surface area contributed by atoms with Gasteiger partial charge in [0.05, 0.1) is 24.5 Å². The Morgan fingerprint density at radius 2 is 2.05 bits per heavy atom. The minimum absolute atomic E-state index is 0.00448. The molecule has 11 nitrogen and oxygen atoms in total. The summed E-state index contributed by atoms with van der Waals surface area (Å²) in [5, 5.41) is 8.31. The molecule has 2 N–H and O–H groups in total. The highest BCUT2D eigenvalue weighted by Crippen LogP contribution is 2.33. The van der Waals surface area contributed by atoms with Gasteiger partial charge in [-0.25, -0.2) is 4.98 Å². The smallest absolute Gasteiger partial charge is 0.276 e. The topological polar surface area (TPSA) is 125 Å². The SMILES string of the molecule is CN1C(=O)COc2ccc(NC(=O)c3cc4n(n3)CCN(C(=O)CCc3cnc5[nH]ccc5c3)C4)cc21. The summed E-state index contributed by atoms with van der Waals surface area (Å²) in [6.07, 6.45) is 4.65. The second kappa shape index (κ2) is 9.08. The predicted molar refractivity (Wildman–Crippen MR) is 135 cm³/mol. The number of benzene rings is 1. The van der Waals surface area contributed by atoms with Gasteiger partial charge in [0.15, 0.2) is 12.3 Å². The first kappa shape index (κ1) is 22.8. The van der Waals surface area contributed by atoms with Crippen LogP contribution in [0, 0.1) is 0 Å². The van der Waals surface area contributed by atoms with E-state index in [2.05, 4.69) is 20.4 Å². The Morgan fingerprint density at radius 1 is 1.16 bits per heavy atom. The average molecular weight is 500 g/mol. The van der Waals surface area contributed by atoms with Crippen LogP contribution in [0.5, 0.6) is 5.75 Å². The van der Waals surface area contributed by atoms with E-state index in [0.717, 1.165) is 22.3 Å². The van der Waals surface area contributed by atoms with Crippen molar-refractivity contribution in [3.63, 3.8) is 0 Å². The Kier molecular flexibility index (Phi) is 5.59. The summed E-state index contributed by atoms with van der Waals surface area (Å²) in [5.74, 6) is 0.125. The van der Waals surface area contributed by atoms with E-state index in [9.17, 15) is 14.4 Å². The van der Waals surface area contributed by atoms with Crippen molar-refractivity contribution in [2.75, 3.05) is 30.4 Å². The standard InChI is InChI=1S/C26H25N7O4/c1-31-21-11-18(3-4-22(21)37-15-24(31)35)29-26(36)20-12-19-14-32(8-9-33(19)30-20)23(34)5-2-16-10-17-6-7-27-25(17)28-13-16/h3-4,6-7,10-13H,2,5,8-9,14-15H2,1H3,(H,27,28)(H,29,36). The van der Waals surface area contributed by atoms with Crippen LogP contribution >= 0.6 is 0 Å². The third-order valence-corrected chi connectivity index (χ3v) is 6.77. The number of rotatable bonds is 5. The molecule has 0 aliphatic carbocycles. The molecule has 0 bridgehead atoms. The van der Waals surface area contributed by atoms with Crippen LogP contribution < -0.4 is 15.0 Å². The number of likely N-dealkylation sites (N-methyl/N-ethyl adjacent to an activating group) is 1. The van der Waals surface area contributed by atoms with E-state index in [-0.39, 0.29) is 30.0 Å². The molecule has 0 radical (unpaired) electrons. The van der Waals surface area contributed by atoms with E-state index in [0.29, 0.717) is 49.6 Å². The van der Waals surface area contributed by atoms with Gasteiger partial charge in [-0.15, -0.1) is 0 Å². The lowest BCUT2D eigenvalue weighted by Crippen LogP contribution is -2.38. The van der Waals surface area contributed by atoms with E-state index >= 15 is 0 Å². The fourth-order valence-corrected chi connectivity index (χ4v) is 4.67. The van der Waals surface area contributed by atoms with Gasteiger partial charge in [-0.3, -0.25) is 19.1 Å². The number of aromatic amines is 1. The lowest BCUT2D eigenvalue weighted by atomic mass is 10.1. The summed E-state index contributed by atoms with van der Waals surface area (Å²) in [5.41, 5.74) is 4.06. The molecular formula is C26H25N7O4. The highest BCUT2D eigenvalue weighted by atomic mass is 16.5. The number of nitrogens with zero attached hydrogens (tertiary/aromatic N) is 5. The summed E-state index contributed by atoms with van der Waals surface area (Å²) in [7, 11) is 1.67. The summed E-state index contributed by atoms with van der Waals surface area (Å²) in [4.78, 5) is 48.5. The Morgan fingerprint density at radius 3 is 2.95 bits per heavy atom. The second-order valence-electron chi connectivity index (χ2n) is 9.20. The summed E-state index contributed by atoms with van der Waals surface area (Å²) >= 11 is 0. The van der Waals surface area contributed by atoms with Crippen LogP contribution in [0.25, 0.3) is 11.0 Å². The highest BCUT2D eigenvalue weighted by molar-refractivity contribution is 6.04. The third kappa shape index (κ3) is 4.39. The molecule has 0 unspecified atom stereocenters. The first-order valence-electron chi connectivity index (χ1n) is 12.1. The van der Waals surface area contributed by atoms with Crippen LogP contribution in [0.3, 0.4) is 0 Å². The first-order chi connectivity index (χ1) is 17.9. The largest absolute Gasteiger partial charge is 0.482 e. The Hall–Kier alpha value is -4.67. The van der Waals surface area contributed by atoms with Crippen molar-refractivity contribution in [2.24, 2.45) is 0 Å². The average Bonchev–Trinajstić information content (AvgIpc) is 3.56. The number of nitrogens with one attached hydrogen (secondary N) is 2. The van der Waals surface area contributed by atoms with E-state index in [1.165, 1.54) is 4.90 Å². The van der Waals surface area contributed by atoms with Crippen LogP contribution in [-0.4, -0.2) is 62.6 Å². The molecule has 0 saturated carbocycles. The number of H-pyrrole nitrogens is 1. The fraction of sp³-hybridized carbons (Fsp3) is 0.269. The molecule has 0 spiro atoms. The van der Waals surface area contributed by atoms with E-state index in [1.54, 1.807) is 47.1 Å². The molecule has 0 fully saturated rings. The number of amides is 3. The number of anilines is 2. The van der Waals surface area contributed by atoms with Crippen LogP contribution in [-0.2, 0) is 29.1 Å². The first-order valence-corrected chi connectivity index (χ1v) is 12.1. The molecule has 6 rings (SSSR count). The number of hydrogen-bond acceptors (Lipinski definition) is 6. The number of fused-ring (bicyclic) bond motifs is 3. The van der Waals surface area contributed by atoms with Gasteiger partial charge in [0, 0.05) is 43.5 Å². The zero-order valence-electron chi connectivity index (χ0n) is 20.2. The van der Waals surface area contributed by atoms with Crippen LogP contribution in [0.2, 0.25) is 0 Å². The monoisotopic (exact) mass is 499 g/mol. The van der Waals surface area contributed by atoms with E-state index < -0.39 is 0 Å². The van der Waals surface area contributed by atoms with Gasteiger partial charge < -0.3 is 24.8 Å². The summed E-state index contributed by atoms with van der Waals surface area (Å²) in [6, 6.07) is 10.9. The van der Waals surface area contributed by atoms with Crippen molar-refractivity contribution in [1.82, 2.24) is 24.6 Å². The van der Waals surface area contributed by atoms with Crippen molar-refractivity contribution < 1.29 is 19.1 Å². The number of aromatic nitrogens is 4. The van der Waals surface area contributed by atoms with Crippen molar-refractivity contribution in [2.45, 2.75) is 25.9 Å². The maximum atomic E-state index is 12.9. The van der Waals surface area contributed by atoms with Gasteiger partial charge in [0.1, 0.15) is 11.4 Å². The number of hydrogen-bond donors (Lipinski definition) is 2. The molecule has 0 saturated heterocycles. The number of aryl methyl sites for hydroxylation is 1. The maximum absolute atomic E-state index is 12.9. The molecule has 11 heteroatoms. The number of carbonyl (C=O) groups is 3. The molecule has 1 aromatic carbocycles. The Labute approximate surface area is 212 Å². The molecule has 188 valence electrons.